The van der Waals surface area contributed by atoms with E-state index in [2.05, 4.69) is 92.8 Å². The van der Waals surface area contributed by atoms with Gasteiger partial charge >= 0.3 is 0 Å². The second-order valence-electron chi connectivity index (χ2n) is 13.0. The number of aromatic nitrogens is 1. The topological polar surface area (TPSA) is 133 Å². The molecule has 290 valence electrons. The maximum Gasteiger partial charge on any atom is 0.255 e. The van der Waals surface area contributed by atoms with Crippen LogP contribution in [0.2, 0.25) is 0 Å². The Morgan fingerprint density at radius 3 is 2.06 bits per heavy atom. The van der Waals surface area contributed by atoms with Crippen LogP contribution < -0.4 is 25.7 Å². The average Bonchev–Trinajstić information content (AvgIpc) is 4.15. The highest BCUT2D eigenvalue weighted by atomic mass is 32.2. The minimum atomic E-state index is -0.371. The maximum absolute atomic E-state index is 13.3. The third kappa shape index (κ3) is 17.3. The molecule has 1 unspecified atom stereocenters. The molecule has 0 radical (unpaired) electrons. The van der Waals surface area contributed by atoms with Gasteiger partial charge in [0.05, 0.1) is 7.11 Å². The molecular weight excluding hydrogens is 699 g/mol. The van der Waals surface area contributed by atoms with E-state index < -0.39 is 0 Å². The summed E-state index contributed by atoms with van der Waals surface area (Å²) in [7, 11) is 1.61. The Morgan fingerprint density at radius 2 is 1.54 bits per heavy atom. The number of pyridine rings is 1. The van der Waals surface area contributed by atoms with Crippen LogP contribution >= 0.6 is 11.9 Å². The molecule has 1 aromatic heterocycles. The van der Waals surface area contributed by atoms with Gasteiger partial charge in [-0.15, -0.1) is 51.7 Å². The summed E-state index contributed by atoms with van der Waals surface area (Å²) in [6.07, 6.45) is 31.9. The molecule has 0 bridgehead atoms. The van der Waals surface area contributed by atoms with E-state index in [0.717, 1.165) is 47.8 Å². The summed E-state index contributed by atoms with van der Waals surface area (Å²) in [4.78, 5) is 51.7. The molecule has 3 amide bonds. The largest absolute Gasteiger partial charge is 0.497 e. The standard InChI is InChI=1S/C20H29N3O2.C10H9NO2.C5H9NOS.C2H4.3C2H2/c1-20(2,3)17(21-14-8-5-4-6-9-14)19(25)23-13-7-10-16(23)18(24)22-15-11-12-15;1-13-8-2-3-9-7(6-8)4-5-11-10(9)12;1-4(7)6-8-5-2-3-5;4*1-2/h4-6,8-9,15-17,21H,7,10-13H2,1-3H3,(H,22,24);2-6H,1H3,(H,11,12);5H,2-3H2,1H3,(H,6,7);1-2H2;3*1-2H/t16-,17?;;;;;;/m0....../s1. The fourth-order valence-corrected chi connectivity index (χ4v) is 5.70. The van der Waals surface area contributed by atoms with Gasteiger partial charge in [0.25, 0.3) is 5.56 Å². The Bertz CT molecular complexity index is 1670. The number of methoxy groups -OCH3 is 1. The third-order valence-corrected chi connectivity index (χ3v) is 9.04. The molecule has 2 aromatic carbocycles. The predicted octanol–water partition coefficient (Wildman–Crippen LogP) is 6.80. The number of carbonyl (C=O) groups excluding carboxylic acids is 3. The second-order valence-corrected chi connectivity index (χ2v) is 14.1. The summed E-state index contributed by atoms with van der Waals surface area (Å²) >= 11 is 1.55. The Labute approximate surface area is 326 Å². The molecule has 0 spiro atoms. The van der Waals surface area contributed by atoms with Crippen LogP contribution in [-0.2, 0) is 14.4 Å². The fourth-order valence-electron chi connectivity index (χ4n) is 4.99. The monoisotopic (exact) mass is 755 g/mol. The molecule has 4 N–H and O–H groups in total. The number of amides is 3. The molecule has 2 heterocycles. The molecule has 11 heteroatoms. The Balaban J connectivity index is 0.000000807. The zero-order valence-electron chi connectivity index (χ0n) is 32.3. The van der Waals surface area contributed by atoms with Gasteiger partial charge in [0.1, 0.15) is 17.8 Å². The van der Waals surface area contributed by atoms with E-state index in [9.17, 15) is 19.2 Å². The molecule has 2 atom stereocenters. The molecule has 10 nitrogen and oxygen atoms in total. The van der Waals surface area contributed by atoms with Crippen molar-refractivity contribution in [3.05, 3.63) is 84.3 Å². The number of nitrogens with one attached hydrogen (secondary N) is 4. The molecule has 2 saturated carbocycles. The van der Waals surface area contributed by atoms with E-state index in [1.807, 2.05) is 42.5 Å². The van der Waals surface area contributed by atoms with Crippen LogP contribution in [0.1, 0.15) is 66.2 Å². The van der Waals surface area contributed by atoms with E-state index in [4.69, 9.17) is 4.74 Å². The van der Waals surface area contributed by atoms with Gasteiger partial charge < -0.3 is 30.0 Å². The number of para-hydroxylation sites is 1. The lowest BCUT2D eigenvalue weighted by Crippen LogP contribution is -2.54. The van der Waals surface area contributed by atoms with Crippen molar-refractivity contribution >= 4 is 46.1 Å². The Kier molecular flexibility index (Phi) is 23.5. The van der Waals surface area contributed by atoms with E-state index in [0.29, 0.717) is 18.0 Å². The van der Waals surface area contributed by atoms with Crippen LogP contribution in [0.4, 0.5) is 5.69 Å². The van der Waals surface area contributed by atoms with Gasteiger partial charge in [-0.25, -0.2) is 0 Å². The van der Waals surface area contributed by atoms with Crippen molar-refractivity contribution in [3.8, 4) is 44.3 Å². The lowest BCUT2D eigenvalue weighted by molar-refractivity contribution is -0.140. The Morgan fingerprint density at radius 1 is 0.926 bits per heavy atom. The number of hydrogen-bond acceptors (Lipinski definition) is 7. The van der Waals surface area contributed by atoms with Gasteiger partial charge in [-0.3, -0.25) is 19.2 Å². The zero-order chi connectivity index (χ0) is 41.3. The molecule has 1 aliphatic heterocycles. The summed E-state index contributed by atoms with van der Waals surface area (Å²) in [5, 5.41) is 8.74. The Hall–Kier alpha value is -5.57. The molecule has 3 aromatic rings. The molecule has 3 aliphatic rings. The van der Waals surface area contributed by atoms with Gasteiger partial charge in [-0.2, -0.15) is 0 Å². The van der Waals surface area contributed by atoms with Gasteiger partial charge in [0, 0.05) is 42.0 Å². The van der Waals surface area contributed by atoms with Crippen molar-refractivity contribution in [2.45, 2.75) is 89.6 Å². The zero-order valence-corrected chi connectivity index (χ0v) is 33.1. The first-order chi connectivity index (χ1) is 26.0. The number of anilines is 1. The van der Waals surface area contributed by atoms with Crippen LogP contribution in [0.15, 0.2) is 78.7 Å². The highest BCUT2D eigenvalue weighted by molar-refractivity contribution is 7.98. The number of terminal acetylenes is 3. The number of likely N-dealkylation sites (tertiary alicyclic amines) is 1. The van der Waals surface area contributed by atoms with Crippen molar-refractivity contribution in [2.24, 2.45) is 5.41 Å². The summed E-state index contributed by atoms with van der Waals surface area (Å²) in [5.41, 5.74) is 0.599. The summed E-state index contributed by atoms with van der Waals surface area (Å²) in [6, 6.07) is 16.6. The number of aromatic amines is 1. The summed E-state index contributed by atoms with van der Waals surface area (Å²) in [5.74, 6) is 0.852. The van der Waals surface area contributed by atoms with Crippen molar-refractivity contribution in [1.29, 1.82) is 0 Å². The number of rotatable bonds is 8. The fraction of sp³-hybridized carbons (Fsp3) is 0.395. The predicted molar refractivity (Wildman–Crippen MR) is 226 cm³/mol. The average molecular weight is 756 g/mol. The minimum absolute atomic E-state index is 0.0146. The number of carbonyl (C=O) groups is 3. The lowest BCUT2D eigenvalue weighted by Gasteiger charge is -2.36. The van der Waals surface area contributed by atoms with Crippen LogP contribution in [-0.4, -0.2) is 64.6 Å². The molecule has 3 fully saturated rings. The number of benzene rings is 2. The molecule has 2 aliphatic carbocycles. The van der Waals surface area contributed by atoms with E-state index >= 15 is 0 Å². The van der Waals surface area contributed by atoms with Gasteiger partial charge in [0.2, 0.25) is 17.7 Å². The first kappa shape index (κ1) is 48.4. The summed E-state index contributed by atoms with van der Waals surface area (Å²) in [6.45, 7) is 14.4. The normalized spacial score (nSPS) is 15.4. The number of nitrogens with zero attached hydrogens (tertiary/aromatic N) is 1. The summed E-state index contributed by atoms with van der Waals surface area (Å²) < 4.78 is 7.74. The van der Waals surface area contributed by atoms with Gasteiger partial charge in [-0.05, 0) is 97.7 Å². The van der Waals surface area contributed by atoms with Crippen LogP contribution in [0, 0.1) is 44.0 Å². The minimum Gasteiger partial charge on any atom is -0.497 e. The van der Waals surface area contributed by atoms with Crippen molar-refractivity contribution < 1.29 is 19.1 Å². The molecule has 6 rings (SSSR count). The van der Waals surface area contributed by atoms with E-state index in [-0.39, 0.29) is 40.8 Å². The third-order valence-electron chi connectivity index (χ3n) is 7.83. The quantitative estimate of drug-likeness (QED) is 0.113. The maximum atomic E-state index is 13.3. The smallest absolute Gasteiger partial charge is 0.255 e. The molecule has 1 saturated heterocycles. The number of H-pyrrole nitrogens is 1. The number of fused-ring (bicyclic) bond motifs is 1. The molecular formula is C43H57N5O5S. The van der Waals surface area contributed by atoms with Crippen molar-refractivity contribution in [2.75, 3.05) is 19.0 Å². The van der Waals surface area contributed by atoms with Crippen LogP contribution in [0.25, 0.3) is 10.8 Å². The van der Waals surface area contributed by atoms with Crippen LogP contribution in [0.3, 0.4) is 0 Å². The SMILES string of the molecule is C#C.C#C.C#C.C=C.CC(=O)NSC1CC1.CC(C)(C)C(Nc1ccccc1)C(=O)N1CCC[C@H]1C(=O)NC1CC1.COc1ccc2c(=O)[nH]ccc2c1. The first-order valence-electron chi connectivity index (χ1n) is 17.5. The number of ether oxygens (including phenoxy) is 1. The first-order valence-corrected chi connectivity index (χ1v) is 18.3. The van der Waals surface area contributed by atoms with Gasteiger partial charge in [-0.1, -0.05) is 39.0 Å². The van der Waals surface area contributed by atoms with E-state index in [1.165, 1.54) is 19.8 Å². The lowest BCUT2D eigenvalue weighted by atomic mass is 9.85. The second kappa shape index (κ2) is 26.2. The van der Waals surface area contributed by atoms with E-state index in [1.54, 1.807) is 42.3 Å². The highest BCUT2D eigenvalue weighted by Crippen LogP contribution is 2.31. The van der Waals surface area contributed by atoms with Crippen molar-refractivity contribution in [1.82, 2.24) is 19.9 Å². The highest BCUT2D eigenvalue weighted by Gasteiger charge is 2.42. The van der Waals surface area contributed by atoms with Crippen LogP contribution in [0.5, 0.6) is 5.75 Å². The molecule has 54 heavy (non-hydrogen) atoms. The number of hydrogen-bond donors (Lipinski definition) is 4. The van der Waals surface area contributed by atoms with Crippen molar-refractivity contribution in [3.63, 3.8) is 0 Å². The van der Waals surface area contributed by atoms with Gasteiger partial charge in [0.15, 0.2) is 0 Å².